The number of aryl methyl sites for hydroxylation is 1. The maximum absolute atomic E-state index is 12.3. The molecular weight excluding hydrogens is 232 g/mol. The summed E-state index contributed by atoms with van der Waals surface area (Å²) in [6.07, 6.45) is 3.78. The van der Waals surface area contributed by atoms with Crippen LogP contribution >= 0.6 is 0 Å². The monoisotopic (exact) mass is 248 g/mol. The summed E-state index contributed by atoms with van der Waals surface area (Å²) in [7, 11) is 0. The van der Waals surface area contributed by atoms with Crippen LogP contribution in [0.2, 0.25) is 0 Å². The summed E-state index contributed by atoms with van der Waals surface area (Å²) in [6.45, 7) is 2.03. The van der Waals surface area contributed by atoms with E-state index in [1.54, 1.807) is 25.3 Å². The number of nitrogens with zero attached hydrogens (tertiary/aromatic N) is 2. The Kier molecular flexibility index (Phi) is 3.60. The normalized spacial score (nSPS) is 14.3. The summed E-state index contributed by atoms with van der Waals surface area (Å²) in [4.78, 5) is 28.6. The lowest BCUT2D eigenvalue weighted by molar-refractivity contribution is -0.137. The van der Waals surface area contributed by atoms with Gasteiger partial charge in [-0.3, -0.25) is 14.6 Å². The van der Waals surface area contributed by atoms with Crippen molar-refractivity contribution in [2.24, 2.45) is 5.92 Å². The van der Waals surface area contributed by atoms with E-state index in [9.17, 15) is 9.59 Å². The SMILES string of the molecule is Cc1ncccc1C(=O)N(CC(=O)O)CC1CC1. The van der Waals surface area contributed by atoms with E-state index in [-0.39, 0.29) is 12.5 Å². The first-order chi connectivity index (χ1) is 8.58. The van der Waals surface area contributed by atoms with E-state index in [1.807, 2.05) is 0 Å². The first-order valence-electron chi connectivity index (χ1n) is 6.00. The number of rotatable bonds is 5. The zero-order valence-corrected chi connectivity index (χ0v) is 10.3. The molecule has 0 bridgehead atoms. The highest BCUT2D eigenvalue weighted by atomic mass is 16.4. The number of pyridine rings is 1. The van der Waals surface area contributed by atoms with E-state index in [0.717, 1.165) is 12.8 Å². The van der Waals surface area contributed by atoms with Crippen LogP contribution < -0.4 is 0 Å². The zero-order chi connectivity index (χ0) is 13.1. The predicted molar refractivity (Wildman–Crippen MR) is 65.2 cm³/mol. The van der Waals surface area contributed by atoms with Crippen molar-refractivity contribution in [2.75, 3.05) is 13.1 Å². The van der Waals surface area contributed by atoms with E-state index >= 15 is 0 Å². The number of carboxylic acids is 1. The number of aromatic nitrogens is 1. The summed E-state index contributed by atoms with van der Waals surface area (Å²) < 4.78 is 0. The molecule has 1 aliphatic rings. The van der Waals surface area contributed by atoms with Crippen molar-refractivity contribution in [1.29, 1.82) is 0 Å². The highest BCUT2D eigenvalue weighted by Crippen LogP contribution is 2.30. The van der Waals surface area contributed by atoms with Gasteiger partial charge in [-0.05, 0) is 37.8 Å². The maximum Gasteiger partial charge on any atom is 0.323 e. The van der Waals surface area contributed by atoms with Gasteiger partial charge in [-0.25, -0.2) is 0 Å². The van der Waals surface area contributed by atoms with Gasteiger partial charge < -0.3 is 10.0 Å². The molecule has 1 fully saturated rings. The number of aliphatic carboxylic acids is 1. The maximum atomic E-state index is 12.3. The van der Waals surface area contributed by atoms with Crippen LogP contribution in [0.25, 0.3) is 0 Å². The Morgan fingerprint density at radius 1 is 1.50 bits per heavy atom. The predicted octanol–water partition coefficient (Wildman–Crippen LogP) is 1.33. The number of carboxylic acid groups (broad SMARTS) is 1. The van der Waals surface area contributed by atoms with Crippen LogP contribution in [0.5, 0.6) is 0 Å². The topological polar surface area (TPSA) is 70.5 Å². The fourth-order valence-corrected chi connectivity index (χ4v) is 1.88. The number of hydrogen-bond acceptors (Lipinski definition) is 3. The van der Waals surface area contributed by atoms with Crippen molar-refractivity contribution < 1.29 is 14.7 Å². The molecule has 1 aromatic rings. The van der Waals surface area contributed by atoms with Crippen molar-refractivity contribution in [3.8, 4) is 0 Å². The van der Waals surface area contributed by atoms with Gasteiger partial charge in [0.15, 0.2) is 0 Å². The van der Waals surface area contributed by atoms with Gasteiger partial charge in [-0.2, -0.15) is 0 Å². The van der Waals surface area contributed by atoms with E-state index in [1.165, 1.54) is 4.90 Å². The number of carbonyl (C=O) groups is 2. The lowest BCUT2D eigenvalue weighted by Gasteiger charge is -2.21. The van der Waals surface area contributed by atoms with Gasteiger partial charge in [0.1, 0.15) is 6.54 Å². The molecule has 0 radical (unpaired) electrons. The van der Waals surface area contributed by atoms with Gasteiger partial charge >= 0.3 is 5.97 Å². The molecule has 5 nitrogen and oxygen atoms in total. The van der Waals surface area contributed by atoms with Crippen LogP contribution in [0, 0.1) is 12.8 Å². The van der Waals surface area contributed by atoms with Crippen molar-refractivity contribution in [3.05, 3.63) is 29.6 Å². The molecule has 5 heteroatoms. The van der Waals surface area contributed by atoms with Crippen molar-refractivity contribution in [2.45, 2.75) is 19.8 Å². The second kappa shape index (κ2) is 5.16. The van der Waals surface area contributed by atoms with Crippen molar-refractivity contribution in [3.63, 3.8) is 0 Å². The van der Waals surface area contributed by atoms with Gasteiger partial charge in [-0.1, -0.05) is 0 Å². The third-order valence-corrected chi connectivity index (χ3v) is 3.03. The summed E-state index contributed by atoms with van der Waals surface area (Å²) in [5.74, 6) is -0.759. The Labute approximate surface area is 105 Å². The molecule has 0 atom stereocenters. The molecule has 2 rings (SSSR count). The molecule has 1 aromatic heterocycles. The quantitative estimate of drug-likeness (QED) is 0.853. The molecule has 1 heterocycles. The number of hydrogen-bond donors (Lipinski definition) is 1. The fraction of sp³-hybridized carbons (Fsp3) is 0.462. The van der Waals surface area contributed by atoms with Crippen LogP contribution in [0.15, 0.2) is 18.3 Å². The smallest absolute Gasteiger partial charge is 0.323 e. The highest BCUT2D eigenvalue weighted by Gasteiger charge is 2.29. The highest BCUT2D eigenvalue weighted by molar-refractivity contribution is 5.96. The van der Waals surface area contributed by atoms with E-state index in [2.05, 4.69) is 4.98 Å². The molecule has 0 aliphatic heterocycles. The molecule has 0 spiro atoms. The molecule has 96 valence electrons. The van der Waals surface area contributed by atoms with Gasteiger partial charge in [0, 0.05) is 18.4 Å². The van der Waals surface area contributed by atoms with Crippen LogP contribution in [-0.2, 0) is 4.79 Å². The average Bonchev–Trinajstić information content (AvgIpc) is 3.11. The van der Waals surface area contributed by atoms with Crippen LogP contribution in [0.1, 0.15) is 28.9 Å². The van der Waals surface area contributed by atoms with Crippen LogP contribution in [-0.4, -0.2) is 40.0 Å². The molecule has 0 aromatic carbocycles. The minimum absolute atomic E-state index is 0.241. The first-order valence-corrected chi connectivity index (χ1v) is 6.00. The zero-order valence-electron chi connectivity index (χ0n) is 10.3. The minimum atomic E-state index is -0.981. The summed E-state index contributed by atoms with van der Waals surface area (Å²) in [5.41, 5.74) is 1.12. The Balaban J connectivity index is 2.15. The largest absolute Gasteiger partial charge is 0.480 e. The molecule has 1 amide bonds. The molecule has 0 saturated heterocycles. The molecule has 0 unspecified atom stereocenters. The molecule has 1 aliphatic carbocycles. The van der Waals surface area contributed by atoms with Gasteiger partial charge in [0.25, 0.3) is 5.91 Å². The molecular formula is C13H16N2O3. The number of amides is 1. The third-order valence-electron chi connectivity index (χ3n) is 3.03. The Bertz CT molecular complexity index is 469. The van der Waals surface area contributed by atoms with Gasteiger partial charge in [-0.15, -0.1) is 0 Å². The summed E-state index contributed by atoms with van der Waals surface area (Å²) in [5, 5.41) is 8.87. The van der Waals surface area contributed by atoms with Crippen molar-refractivity contribution >= 4 is 11.9 Å². The van der Waals surface area contributed by atoms with E-state index in [0.29, 0.717) is 23.7 Å². The van der Waals surface area contributed by atoms with Crippen LogP contribution in [0.3, 0.4) is 0 Å². The molecule has 18 heavy (non-hydrogen) atoms. The van der Waals surface area contributed by atoms with Crippen LogP contribution in [0.4, 0.5) is 0 Å². The Morgan fingerprint density at radius 2 is 2.22 bits per heavy atom. The molecule has 1 N–H and O–H groups in total. The number of carbonyl (C=O) groups excluding carboxylic acids is 1. The van der Waals surface area contributed by atoms with Crippen molar-refractivity contribution in [1.82, 2.24) is 9.88 Å². The summed E-state index contributed by atoms with van der Waals surface area (Å²) >= 11 is 0. The minimum Gasteiger partial charge on any atom is -0.480 e. The molecule has 1 saturated carbocycles. The lowest BCUT2D eigenvalue weighted by atomic mass is 10.1. The Morgan fingerprint density at radius 3 is 2.78 bits per heavy atom. The summed E-state index contributed by atoms with van der Waals surface area (Å²) in [6, 6.07) is 3.38. The fourth-order valence-electron chi connectivity index (χ4n) is 1.88. The lowest BCUT2D eigenvalue weighted by Crippen LogP contribution is -2.37. The second-order valence-corrected chi connectivity index (χ2v) is 4.66. The third kappa shape index (κ3) is 3.06. The second-order valence-electron chi connectivity index (χ2n) is 4.66. The average molecular weight is 248 g/mol. The Hall–Kier alpha value is -1.91. The van der Waals surface area contributed by atoms with E-state index in [4.69, 9.17) is 5.11 Å². The van der Waals surface area contributed by atoms with E-state index < -0.39 is 5.97 Å². The van der Waals surface area contributed by atoms with Gasteiger partial charge in [0.05, 0.1) is 5.56 Å². The van der Waals surface area contributed by atoms with Gasteiger partial charge in [0.2, 0.25) is 0 Å². The standard InChI is InChI=1S/C13H16N2O3/c1-9-11(3-2-6-14-9)13(18)15(8-12(16)17)7-10-4-5-10/h2-3,6,10H,4-5,7-8H2,1H3,(H,16,17). The first kappa shape index (κ1) is 12.5.